The van der Waals surface area contributed by atoms with Gasteiger partial charge in [0.1, 0.15) is 0 Å². The molecule has 2 amide bonds. The Morgan fingerprint density at radius 1 is 1.08 bits per heavy atom. The van der Waals surface area contributed by atoms with Gasteiger partial charge in [0.2, 0.25) is 6.79 Å². The largest absolute Gasteiger partial charge is 0.454 e. The molecule has 2 heterocycles. The van der Waals surface area contributed by atoms with E-state index in [0.29, 0.717) is 19.6 Å². The number of nitrogens with one attached hydrogen (secondary N) is 1. The van der Waals surface area contributed by atoms with E-state index in [2.05, 4.69) is 17.1 Å². The lowest BCUT2D eigenvalue weighted by Crippen LogP contribution is -2.52. The van der Waals surface area contributed by atoms with Gasteiger partial charge in [-0.05, 0) is 24.1 Å². The van der Waals surface area contributed by atoms with Crippen LogP contribution in [0.2, 0.25) is 0 Å². The lowest BCUT2D eigenvalue weighted by atomic mass is 10.1. The first-order chi connectivity index (χ1) is 12.7. The number of rotatable bonds is 6. The van der Waals surface area contributed by atoms with Crippen LogP contribution < -0.4 is 14.8 Å². The third kappa shape index (κ3) is 4.66. The Kier molecular flexibility index (Phi) is 6.33. The Hall–Kier alpha value is -2.28. The standard InChI is InChI=1S/C19H27N3O4/c1-2-3-4-7-20-18(23)19(24)22-10-8-21(9-11-22)13-15-5-6-16-17(12-15)26-14-25-16/h5-6,12H,2-4,7-11,13-14H2,1H3,(H,20,23). The number of fused-ring (bicyclic) bond motifs is 1. The molecule has 2 aliphatic heterocycles. The topological polar surface area (TPSA) is 71.1 Å². The van der Waals surface area contributed by atoms with Gasteiger partial charge in [0.05, 0.1) is 0 Å². The summed E-state index contributed by atoms with van der Waals surface area (Å²) in [4.78, 5) is 28.1. The predicted octanol–water partition coefficient (Wildman–Crippen LogP) is 1.37. The molecule has 3 rings (SSSR count). The zero-order chi connectivity index (χ0) is 18.4. The normalized spacial score (nSPS) is 16.6. The van der Waals surface area contributed by atoms with Crippen molar-refractivity contribution in [2.24, 2.45) is 0 Å². The Bertz CT molecular complexity index is 642. The Morgan fingerprint density at radius 2 is 1.85 bits per heavy atom. The second-order valence-electron chi connectivity index (χ2n) is 6.72. The van der Waals surface area contributed by atoms with E-state index in [0.717, 1.165) is 56.0 Å². The lowest BCUT2D eigenvalue weighted by Gasteiger charge is -2.34. The van der Waals surface area contributed by atoms with Gasteiger partial charge in [0.25, 0.3) is 0 Å². The average molecular weight is 361 g/mol. The minimum absolute atomic E-state index is 0.278. The highest BCUT2D eigenvalue weighted by molar-refractivity contribution is 6.35. The summed E-state index contributed by atoms with van der Waals surface area (Å²) in [6, 6.07) is 5.97. The minimum Gasteiger partial charge on any atom is -0.454 e. The van der Waals surface area contributed by atoms with Crippen LogP contribution in [-0.4, -0.2) is 61.1 Å². The maximum atomic E-state index is 12.2. The van der Waals surface area contributed by atoms with E-state index < -0.39 is 11.8 Å². The first-order valence-electron chi connectivity index (χ1n) is 9.35. The molecule has 0 unspecified atom stereocenters. The summed E-state index contributed by atoms with van der Waals surface area (Å²) in [6.45, 7) is 6.41. The van der Waals surface area contributed by atoms with Gasteiger partial charge in [-0.25, -0.2) is 0 Å². The van der Waals surface area contributed by atoms with Crippen LogP contribution in [0, 0.1) is 0 Å². The fourth-order valence-electron chi connectivity index (χ4n) is 3.20. The van der Waals surface area contributed by atoms with E-state index in [1.807, 2.05) is 18.2 Å². The van der Waals surface area contributed by atoms with Crippen LogP contribution in [0.3, 0.4) is 0 Å². The SMILES string of the molecule is CCCCCNC(=O)C(=O)N1CCN(Cc2ccc3c(c2)OCO3)CC1. The van der Waals surface area contributed by atoms with Crippen molar-refractivity contribution in [3.63, 3.8) is 0 Å². The molecular weight excluding hydrogens is 334 g/mol. The molecule has 0 atom stereocenters. The molecule has 0 aromatic heterocycles. The molecule has 26 heavy (non-hydrogen) atoms. The number of amides is 2. The van der Waals surface area contributed by atoms with Crippen LogP contribution in [0.5, 0.6) is 11.5 Å². The molecule has 0 spiro atoms. The summed E-state index contributed by atoms with van der Waals surface area (Å²) < 4.78 is 10.7. The van der Waals surface area contributed by atoms with Gasteiger partial charge in [0.15, 0.2) is 11.5 Å². The number of benzene rings is 1. The molecule has 0 saturated carbocycles. The molecule has 1 saturated heterocycles. The van der Waals surface area contributed by atoms with E-state index in [-0.39, 0.29) is 6.79 Å². The molecule has 142 valence electrons. The van der Waals surface area contributed by atoms with Crippen LogP contribution in [0.25, 0.3) is 0 Å². The van der Waals surface area contributed by atoms with Gasteiger partial charge >= 0.3 is 11.8 Å². The highest BCUT2D eigenvalue weighted by Gasteiger charge is 2.26. The maximum absolute atomic E-state index is 12.2. The second-order valence-corrected chi connectivity index (χ2v) is 6.72. The molecule has 2 aliphatic rings. The number of piperazine rings is 1. The Morgan fingerprint density at radius 3 is 2.62 bits per heavy atom. The van der Waals surface area contributed by atoms with Crippen LogP contribution in [0.4, 0.5) is 0 Å². The maximum Gasteiger partial charge on any atom is 0.311 e. The number of carbonyl (C=O) groups is 2. The Balaban J connectivity index is 1.42. The van der Waals surface area contributed by atoms with Crippen molar-refractivity contribution in [2.45, 2.75) is 32.7 Å². The van der Waals surface area contributed by atoms with Crippen LogP contribution in [0.1, 0.15) is 31.7 Å². The van der Waals surface area contributed by atoms with Gasteiger partial charge in [-0.15, -0.1) is 0 Å². The fourth-order valence-corrected chi connectivity index (χ4v) is 3.20. The van der Waals surface area contributed by atoms with Crippen molar-refractivity contribution in [2.75, 3.05) is 39.5 Å². The van der Waals surface area contributed by atoms with E-state index >= 15 is 0 Å². The van der Waals surface area contributed by atoms with Crippen LogP contribution in [-0.2, 0) is 16.1 Å². The van der Waals surface area contributed by atoms with Crippen LogP contribution in [0.15, 0.2) is 18.2 Å². The van der Waals surface area contributed by atoms with Gasteiger partial charge in [-0.3, -0.25) is 14.5 Å². The molecular formula is C19H27N3O4. The fraction of sp³-hybridized carbons (Fsp3) is 0.579. The summed E-state index contributed by atoms with van der Waals surface area (Å²) in [5.41, 5.74) is 1.16. The van der Waals surface area contributed by atoms with Crippen molar-refractivity contribution in [3.05, 3.63) is 23.8 Å². The average Bonchev–Trinajstić information content (AvgIpc) is 3.13. The van der Waals surface area contributed by atoms with Gasteiger partial charge in [-0.2, -0.15) is 0 Å². The quantitative estimate of drug-likeness (QED) is 0.612. The molecule has 1 fully saturated rings. The monoisotopic (exact) mass is 361 g/mol. The van der Waals surface area contributed by atoms with E-state index in [1.54, 1.807) is 4.90 Å². The number of unbranched alkanes of at least 4 members (excludes halogenated alkanes) is 2. The van der Waals surface area contributed by atoms with Crippen molar-refractivity contribution in [3.8, 4) is 11.5 Å². The van der Waals surface area contributed by atoms with Crippen molar-refractivity contribution < 1.29 is 19.1 Å². The van der Waals surface area contributed by atoms with Crippen molar-refractivity contribution in [1.29, 1.82) is 0 Å². The third-order valence-electron chi connectivity index (χ3n) is 4.76. The highest BCUT2D eigenvalue weighted by Crippen LogP contribution is 2.32. The molecule has 0 bridgehead atoms. The summed E-state index contributed by atoms with van der Waals surface area (Å²) in [7, 11) is 0. The first kappa shape index (κ1) is 18.5. The van der Waals surface area contributed by atoms with Crippen LogP contribution >= 0.6 is 0 Å². The number of nitrogens with zero attached hydrogens (tertiary/aromatic N) is 2. The summed E-state index contributed by atoms with van der Waals surface area (Å²) in [5.74, 6) is 0.680. The molecule has 0 aliphatic carbocycles. The summed E-state index contributed by atoms with van der Waals surface area (Å²) in [6.07, 6.45) is 3.07. The number of ether oxygens (including phenoxy) is 2. The van der Waals surface area contributed by atoms with Gasteiger partial charge in [-0.1, -0.05) is 25.8 Å². The predicted molar refractivity (Wildman–Crippen MR) is 97.0 cm³/mol. The zero-order valence-corrected chi connectivity index (χ0v) is 15.3. The van der Waals surface area contributed by atoms with Crippen molar-refractivity contribution in [1.82, 2.24) is 15.1 Å². The van der Waals surface area contributed by atoms with E-state index in [9.17, 15) is 9.59 Å². The van der Waals surface area contributed by atoms with E-state index in [4.69, 9.17) is 9.47 Å². The molecule has 7 heteroatoms. The third-order valence-corrected chi connectivity index (χ3v) is 4.76. The number of hydrogen-bond donors (Lipinski definition) is 1. The highest BCUT2D eigenvalue weighted by atomic mass is 16.7. The zero-order valence-electron chi connectivity index (χ0n) is 15.3. The molecule has 1 N–H and O–H groups in total. The van der Waals surface area contributed by atoms with E-state index in [1.165, 1.54) is 0 Å². The molecule has 1 aromatic carbocycles. The second kappa shape index (κ2) is 8.89. The summed E-state index contributed by atoms with van der Waals surface area (Å²) >= 11 is 0. The summed E-state index contributed by atoms with van der Waals surface area (Å²) in [5, 5.41) is 2.72. The molecule has 7 nitrogen and oxygen atoms in total. The Labute approximate surface area is 154 Å². The number of hydrogen-bond acceptors (Lipinski definition) is 5. The van der Waals surface area contributed by atoms with Gasteiger partial charge < -0.3 is 19.7 Å². The smallest absolute Gasteiger partial charge is 0.311 e. The first-order valence-corrected chi connectivity index (χ1v) is 9.35. The minimum atomic E-state index is -0.481. The molecule has 0 radical (unpaired) electrons. The molecule has 1 aromatic rings. The van der Waals surface area contributed by atoms with Gasteiger partial charge in [0, 0.05) is 39.3 Å². The number of carbonyl (C=O) groups excluding carboxylic acids is 2. The lowest BCUT2D eigenvalue weighted by molar-refractivity contribution is -0.147. The van der Waals surface area contributed by atoms with Crippen molar-refractivity contribution >= 4 is 11.8 Å².